The van der Waals surface area contributed by atoms with E-state index < -0.39 is 219 Å². The largest absolute Gasteiger partial charge is 0.540 e. The fraction of sp³-hybridized carbons (Fsp3) is 0.633. The van der Waals surface area contributed by atoms with Gasteiger partial charge in [-0.1, -0.05) is 127 Å². The number of methoxy groups -OCH3 is 3. The molecule has 3 N–H and O–H groups in total. The number of benzene rings is 3. The van der Waals surface area contributed by atoms with Crippen LogP contribution in [0.25, 0.3) is 32.7 Å². The van der Waals surface area contributed by atoms with Crippen LogP contribution in [0.2, 0.25) is 0 Å². The van der Waals surface area contributed by atoms with Crippen LogP contribution in [-0.4, -0.2) is 198 Å². The van der Waals surface area contributed by atoms with Crippen molar-refractivity contribution in [1.82, 2.24) is 45.6 Å². The molecule has 3 aromatic carbocycles. The van der Waals surface area contributed by atoms with E-state index >= 15 is 39.5 Å². The number of hydrogen-bond donors (Lipinski definition) is 3. The predicted octanol–water partition coefficient (Wildman–Crippen LogP) is 17.3. The van der Waals surface area contributed by atoms with E-state index in [-0.39, 0.29) is 157 Å². The molecule has 20 atom stereocenters. The van der Waals surface area contributed by atoms with Crippen LogP contribution < -0.4 is 44.4 Å². The van der Waals surface area contributed by atoms with Crippen LogP contribution in [0.4, 0.5) is 53.9 Å². The van der Waals surface area contributed by atoms with Gasteiger partial charge >= 0.3 is 18.3 Å². The smallest absolute Gasteiger partial charge is 0.408 e. The van der Waals surface area contributed by atoms with Crippen molar-refractivity contribution in [3.05, 3.63) is 88.7 Å². The molecule has 7 fully saturated rings. The van der Waals surface area contributed by atoms with E-state index in [4.69, 9.17) is 42.6 Å². The number of carbonyl (C=O) groups is 6. The number of alkyl halides is 6. The monoisotopic (exact) mass is 2030 g/mol. The Morgan fingerprint density at radius 2 is 0.796 bits per heavy atom. The second-order valence-electron chi connectivity index (χ2n) is 41.1. The van der Waals surface area contributed by atoms with Gasteiger partial charge in [-0.2, -0.15) is 0 Å². The SMILES string of the molecule is CC[C@@H]1[C@@H]2CN(C(=O)[C@H](C(C)(C)C)NC(=O)O[C@@H]3CC4CC4[C@H]3CCCCC(F)(F)c3c(nc4cc(OC)ccc4c3F)O2)[C@@H]1[C-]=O.COc1ccc2c(F)c3c(nc2c1)O[C@H]1CN(C(=O)[C@H](C(C)(C)C)NC(=O)O[C@@H]2C[C@H]2CCCCC3(F)F)[C@H]([C-]=O)[C@@H]1C.COc1ccc2c(F)c3c(nc2c1)O[C@H]1CN(C(=O)[C@H](C(C)(C)C)NC(=O)O[C@]2(C)C[C@H]2CCCCC3(F)F)[C@H]([C-]=O)[C@@H]1C.[V].[V].[V]. The number of fused-ring (bicyclic) bond motifs is 17. The number of alkyl carbamates (subject to hydrolysis) is 3. The van der Waals surface area contributed by atoms with Gasteiger partial charge < -0.3 is 87.7 Å². The molecule has 27 nitrogen and oxygen atoms in total. The molecule has 39 heteroatoms. The summed E-state index contributed by atoms with van der Waals surface area (Å²) >= 11 is 0. The minimum absolute atomic E-state index is 0. The Morgan fingerprint density at radius 3 is 1.18 bits per heavy atom. The van der Waals surface area contributed by atoms with Crippen LogP contribution in [0.15, 0.2) is 54.6 Å². The van der Waals surface area contributed by atoms with Gasteiger partial charge in [0.15, 0.2) is 0 Å². The average molecular weight is 2030 g/mol. The minimum Gasteiger partial charge on any atom is -0.540 e. The maximum absolute atomic E-state index is 16.2. The van der Waals surface area contributed by atoms with Crippen LogP contribution in [-0.2, 0) is 116 Å². The number of pyridine rings is 3. The molecule has 6 amide bonds. The zero-order valence-corrected chi connectivity index (χ0v) is 83.8. The third-order valence-electron chi connectivity index (χ3n) is 28.7. The van der Waals surface area contributed by atoms with Gasteiger partial charge in [0.25, 0.3) is 17.8 Å². The van der Waals surface area contributed by atoms with Crippen molar-refractivity contribution < 1.29 is 181 Å². The van der Waals surface area contributed by atoms with E-state index in [9.17, 15) is 43.2 Å². The summed E-state index contributed by atoms with van der Waals surface area (Å²) in [6, 6.07) is 6.19. The maximum atomic E-state index is 16.2. The molecule has 3 radical (unpaired) electrons. The molecule has 4 aliphatic carbocycles. The zero-order chi connectivity index (χ0) is 97.3. The maximum Gasteiger partial charge on any atom is 0.408 e. The van der Waals surface area contributed by atoms with E-state index in [1.165, 1.54) is 90.6 Å². The fourth-order valence-electron chi connectivity index (χ4n) is 20.4. The molecule has 6 aliphatic heterocycles. The molecule has 3 aromatic heterocycles. The number of halogens is 9. The Balaban J connectivity index is 0.000000195. The van der Waals surface area contributed by atoms with Crippen molar-refractivity contribution in [3.8, 4) is 34.9 Å². The molecule has 2 unspecified atom stereocenters. The standard InChI is InChI=1S/C35H43F3N3O6.C32H39F3N3O6.C31H37F3N3O6.3V/c1-6-20-25(17-42)41-16-27(20)46-31-28(29(36)22-11-10-19(45-5)15-24(22)39-31)35(37,38)12-8-7-9-21-23-13-18(23)14-26(21)47-33(44)40-30(32(41)43)34(2,3)4;1-17-22(16-39)38-15-23(17)43-27-24(25(33)20-11-10-19(42-6)13-21(20)36-27)32(34,35)12-8-7-9-18-14-31(18,5)44-29(41)37-26(28(38)40)30(2,3)4;1-16-21(15-38)37-14-23(16)42-27-24(25(32)19-10-9-18(41-5)13-20(19)35-27)31(33,34)11-7-6-8-17-12-22(17)43-29(40)36-26(28(37)39)30(2,3)4;;;/h10-11,15,18,20-21,23,25-27,30H,6-9,12-14,16H2,1-5H3,(H,40,44);10-11,13,17-18,22-23,26H,7-9,12,14-15H2,1-6H3,(H,37,41);9-10,13,16-17,21-23,26H,6-8,11-12,14H2,1-5H3,(H,36,40);;;/q3*-1;;;/t18?,20-,21+,23?,25+,26+,27-,30+;17-,18+,22+,23-,26+,31+;16-,17+,21+,22+,23-,26+;;;/m000.../s1. The number of amides is 6. The summed E-state index contributed by atoms with van der Waals surface area (Å²) < 4.78 is 195. The number of carbonyl (C=O) groups excluding carboxylic acids is 9. The minimum atomic E-state index is -3.64. The third kappa shape index (κ3) is 23.0. The Hall–Kier alpha value is -8.96. The topological polar surface area (TPSA) is 321 Å². The van der Waals surface area contributed by atoms with Gasteiger partial charge in [-0.3, -0.25) is 14.4 Å². The molecule has 745 valence electrons. The second-order valence-corrected chi connectivity index (χ2v) is 41.1. The quantitative estimate of drug-likeness (QED) is 0.0759. The second kappa shape index (κ2) is 42.5. The van der Waals surface area contributed by atoms with E-state index in [0.717, 1.165) is 6.42 Å². The van der Waals surface area contributed by atoms with Crippen molar-refractivity contribution in [2.45, 2.75) is 289 Å². The summed E-state index contributed by atoms with van der Waals surface area (Å²) in [5, 5.41) is 7.85. The number of rotatable bonds is 7. The summed E-state index contributed by atoms with van der Waals surface area (Å²) in [6.07, 6.45) is 4.19. The predicted molar refractivity (Wildman–Crippen MR) is 471 cm³/mol. The first-order chi connectivity index (χ1) is 63.1. The number of hydrogen-bond acceptors (Lipinski definition) is 21. The first-order valence-electron chi connectivity index (χ1n) is 46.3. The summed E-state index contributed by atoms with van der Waals surface area (Å²) in [4.78, 5) is 134. The summed E-state index contributed by atoms with van der Waals surface area (Å²) in [7, 11) is 4.27. The molecule has 3 saturated heterocycles. The Bertz CT molecular complexity index is 5480. The van der Waals surface area contributed by atoms with Crippen molar-refractivity contribution in [1.29, 1.82) is 0 Å². The van der Waals surface area contributed by atoms with Gasteiger partial charge in [-0.25, -0.2) is 87.7 Å². The van der Waals surface area contributed by atoms with Gasteiger partial charge in [0.1, 0.15) is 106 Å². The van der Waals surface area contributed by atoms with Gasteiger partial charge in [0.05, 0.1) is 57.5 Å². The summed E-state index contributed by atoms with van der Waals surface area (Å²) in [6.45, 7) is 22.2. The van der Waals surface area contributed by atoms with Gasteiger partial charge in [-0.15, -0.1) is 0 Å². The molecule has 137 heavy (non-hydrogen) atoms. The molecular formula is C98H119F9N9O18V3-3. The number of nitrogens with zero attached hydrogens (tertiary/aromatic N) is 6. The number of ether oxygens (including phenoxy) is 9. The van der Waals surface area contributed by atoms with Crippen LogP contribution in [0.1, 0.15) is 216 Å². The Labute approximate surface area is 826 Å². The van der Waals surface area contributed by atoms with E-state index in [2.05, 4.69) is 30.9 Å². The Morgan fingerprint density at radius 1 is 0.445 bits per heavy atom. The third-order valence-corrected chi connectivity index (χ3v) is 28.7. The van der Waals surface area contributed by atoms with Gasteiger partial charge in [-0.05, 0) is 165 Å². The molecule has 9 heterocycles. The zero-order valence-electron chi connectivity index (χ0n) is 79.6. The van der Waals surface area contributed by atoms with Crippen molar-refractivity contribution >= 4 is 87.6 Å². The first kappa shape index (κ1) is 108. The summed E-state index contributed by atoms with van der Waals surface area (Å²) in [5.74, 6) is -18.0. The molecule has 4 saturated carbocycles. The van der Waals surface area contributed by atoms with E-state index in [1.807, 2.05) is 18.9 Å². The van der Waals surface area contributed by atoms with E-state index in [1.54, 1.807) is 90.0 Å². The van der Waals surface area contributed by atoms with Crippen molar-refractivity contribution in [2.75, 3.05) is 41.0 Å². The molecular weight excluding hydrogens is 1910 g/mol. The van der Waals surface area contributed by atoms with Gasteiger partial charge in [0, 0.05) is 115 Å². The number of nitrogens with one attached hydrogen (secondary N) is 3. The van der Waals surface area contributed by atoms with Crippen molar-refractivity contribution in [2.24, 2.45) is 63.6 Å². The average Bonchev–Trinajstić information content (AvgIpc) is 1.68. The first-order valence-corrected chi connectivity index (χ1v) is 46.3. The van der Waals surface area contributed by atoms with E-state index in [0.29, 0.717) is 93.3 Å². The van der Waals surface area contributed by atoms with Crippen molar-refractivity contribution in [3.63, 3.8) is 0 Å². The summed E-state index contributed by atoms with van der Waals surface area (Å²) in [5.41, 5.74) is -5.79. The van der Waals surface area contributed by atoms with Gasteiger partial charge in [0.2, 0.25) is 35.4 Å². The fourth-order valence-corrected chi connectivity index (χ4v) is 20.4. The molecule has 16 rings (SSSR count). The van der Waals surface area contributed by atoms with Crippen LogP contribution in [0, 0.1) is 81.0 Å². The molecule has 6 aromatic rings. The Kier molecular flexibility index (Phi) is 33.6. The van der Waals surface area contributed by atoms with Crippen LogP contribution >= 0.6 is 0 Å². The normalized spacial score (nSPS) is 30.5. The molecule has 10 aliphatic rings. The number of aromatic nitrogens is 3. The van der Waals surface area contributed by atoms with Crippen LogP contribution in [0.3, 0.4) is 0 Å². The molecule has 0 spiro atoms. The van der Waals surface area contributed by atoms with Crippen LogP contribution in [0.5, 0.6) is 34.9 Å². The molecule has 6 bridgehead atoms.